The topological polar surface area (TPSA) is 66.5 Å². The van der Waals surface area contributed by atoms with E-state index in [9.17, 15) is 14.4 Å². The lowest BCUT2D eigenvalue weighted by Gasteiger charge is -2.30. The second-order valence-corrected chi connectivity index (χ2v) is 4.40. The number of urea groups is 1. The molecule has 94 valence electrons. The van der Waals surface area contributed by atoms with Crippen LogP contribution in [0.3, 0.4) is 0 Å². The summed E-state index contributed by atoms with van der Waals surface area (Å²) in [5, 5.41) is 2.59. The molecular weight excluding hydrogens is 256 g/mol. The van der Waals surface area contributed by atoms with Crippen molar-refractivity contribution in [2.45, 2.75) is 19.4 Å². The summed E-state index contributed by atoms with van der Waals surface area (Å²) < 4.78 is 0. The molecule has 5 nitrogen and oxygen atoms in total. The van der Waals surface area contributed by atoms with Gasteiger partial charge in [-0.1, -0.05) is 29.8 Å². The summed E-state index contributed by atoms with van der Waals surface area (Å²) in [6.07, 6.45) is -0.319. The number of nitrogens with zero attached hydrogens (tertiary/aromatic N) is 1. The van der Waals surface area contributed by atoms with E-state index < -0.39 is 23.9 Å². The maximum absolute atomic E-state index is 11.7. The van der Waals surface area contributed by atoms with Gasteiger partial charge in [-0.25, -0.2) is 4.79 Å². The first-order valence-electron chi connectivity index (χ1n) is 5.41. The first-order valence-corrected chi connectivity index (χ1v) is 5.79. The van der Waals surface area contributed by atoms with Crippen molar-refractivity contribution >= 4 is 29.4 Å². The molecule has 1 atom stereocenters. The van der Waals surface area contributed by atoms with Crippen LogP contribution in [-0.4, -0.2) is 22.7 Å². The number of rotatable bonds is 2. The highest BCUT2D eigenvalue weighted by molar-refractivity contribution is 6.31. The van der Waals surface area contributed by atoms with Crippen molar-refractivity contribution in [1.82, 2.24) is 10.2 Å². The molecule has 0 aromatic heterocycles. The molecule has 0 saturated carbocycles. The molecular formula is C12H11ClN2O3. The minimum atomic E-state index is -0.705. The lowest BCUT2D eigenvalue weighted by molar-refractivity contribution is -0.137. The van der Waals surface area contributed by atoms with Gasteiger partial charge < -0.3 is 0 Å². The van der Waals surface area contributed by atoms with E-state index in [1.807, 2.05) is 0 Å². The summed E-state index contributed by atoms with van der Waals surface area (Å²) in [6, 6.07) is 5.74. The highest BCUT2D eigenvalue weighted by Crippen LogP contribution is 2.28. The van der Waals surface area contributed by atoms with Gasteiger partial charge in [0.25, 0.3) is 0 Å². The number of nitrogens with one attached hydrogen (secondary N) is 1. The Morgan fingerprint density at radius 3 is 2.56 bits per heavy atom. The predicted octanol–water partition coefficient (Wildman–Crippen LogP) is 1.87. The maximum Gasteiger partial charge on any atom is 0.331 e. The first-order chi connectivity index (χ1) is 8.50. The van der Waals surface area contributed by atoms with Crippen LogP contribution in [0, 0.1) is 0 Å². The summed E-state index contributed by atoms with van der Waals surface area (Å²) in [5.41, 5.74) is 0.664. The normalized spacial score (nSPS) is 17.7. The van der Waals surface area contributed by atoms with Gasteiger partial charge in [0.15, 0.2) is 0 Å². The number of amides is 4. The number of barbiturate groups is 1. The van der Waals surface area contributed by atoms with Crippen LogP contribution >= 0.6 is 11.6 Å². The van der Waals surface area contributed by atoms with Gasteiger partial charge in [-0.05, 0) is 18.6 Å². The summed E-state index contributed by atoms with van der Waals surface area (Å²) in [4.78, 5) is 35.5. The van der Waals surface area contributed by atoms with Crippen molar-refractivity contribution in [3.05, 3.63) is 34.9 Å². The zero-order valence-electron chi connectivity index (χ0n) is 9.64. The summed E-state index contributed by atoms with van der Waals surface area (Å²) >= 11 is 6.03. The fourth-order valence-electron chi connectivity index (χ4n) is 1.90. The van der Waals surface area contributed by atoms with E-state index in [4.69, 9.17) is 11.6 Å². The number of carbonyl (C=O) groups excluding carboxylic acids is 3. The average Bonchev–Trinajstić information content (AvgIpc) is 2.27. The molecule has 1 aromatic carbocycles. The van der Waals surface area contributed by atoms with Crippen LogP contribution < -0.4 is 5.32 Å². The van der Waals surface area contributed by atoms with Crippen LogP contribution in [0.4, 0.5) is 4.79 Å². The Bertz CT molecular complexity index is 510. The molecule has 1 aliphatic heterocycles. The zero-order chi connectivity index (χ0) is 13.3. The molecule has 4 amide bonds. The van der Waals surface area contributed by atoms with Crippen molar-refractivity contribution in [3.8, 4) is 0 Å². The van der Waals surface area contributed by atoms with Crippen molar-refractivity contribution < 1.29 is 14.4 Å². The molecule has 1 aliphatic rings. The highest BCUT2D eigenvalue weighted by Gasteiger charge is 2.35. The zero-order valence-corrected chi connectivity index (χ0v) is 10.4. The van der Waals surface area contributed by atoms with E-state index in [0.717, 1.165) is 4.90 Å². The maximum atomic E-state index is 11.7. The molecule has 0 radical (unpaired) electrons. The van der Waals surface area contributed by atoms with E-state index in [0.29, 0.717) is 10.6 Å². The molecule has 0 aliphatic carbocycles. The third-order valence-electron chi connectivity index (χ3n) is 2.79. The molecule has 1 N–H and O–H groups in total. The largest absolute Gasteiger partial charge is 0.331 e. The monoisotopic (exact) mass is 266 g/mol. The van der Waals surface area contributed by atoms with Crippen LogP contribution in [0.5, 0.6) is 0 Å². The standard InChI is InChI=1S/C12H11ClN2O3/c1-7(8-4-2-3-5-9(8)13)15-11(17)6-10(16)14-12(15)18/h2-5,7H,6H2,1H3,(H,14,16,18). The Hall–Kier alpha value is -1.88. The molecule has 1 aromatic rings. The highest BCUT2D eigenvalue weighted by atomic mass is 35.5. The quantitative estimate of drug-likeness (QED) is 0.831. The molecule has 1 saturated heterocycles. The van der Waals surface area contributed by atoms with Gasteiger partial charge in [0.2, 0.25) is 11.8 Å². The molecule has 1 fully saturated rings. The molecule has 0 spiro atoms. The molecule has 18 heavy (non-hydrogen) atoms. The van der Waals surface area contributed by atoms with Gasteiger partial charge >= 0.3 is 6.03 Å². The summed E-state index contributed by atoms with van der Waals surface area (Å²) in [5.74, 6) is -1.09. The average molecular weight is 267 g/mol. The van der Waals surface area contributed by atoms with E-state index >= 15 is 0 Å². The van der Waals surface area contributed by atoms with Gasteiger partial charge in [0.05, 0.1) is 6.04 Å². The smallest absolute Gasteiger partial charge is 0.277 e. The Morgan fingerprint density at radius 1 is 1.28 bits per heavy atom. The number of hydrogen-bond donors (Lipinski definition) is 1. The SMILES string of the molecule is CC(c1ccccc1Cl)N1C(=O)CC(=O)NC1=O. The van der Waals surface area contributed by atoms with Crippen molar-refractivity contribution in [1.29, 1.82) is 0 Å². The van der Waals surface area contributed by atoms with Gasteiger partial charge in [-0.3, -0.25) is 19.8 Å². The third kappa shape index (κ3) is 2.22. The Morgan fingerprint density at radius 2 is 1.94 bits per heavy atom. The Balaban J connectivity index is 2.31. The van der Waals surface area contributed by atoms with E-state index in [-0.39, 0.29) is 6.42 Å². The fourth-order valence-corrected chi connectivity index (χ4v) is 2.20. The first kappa shape index (κ1) is 12.6. The number of hydrogen-bond acceptors (Lipinski definition) is 3. The number of carbonyl (C=O) groups is 3. The fraction of sp³-hybridized carbons (Fsp3) is 0.250. The molecule has 1 heterocycles. The number of benzene rings is 1. The van der Waals surface area contributed by atoms with Crippen LogP contribution in [0.15, 0.2) is 24.3 Å². The molecule has 0 bridgehead atoms. The lowest BCUT2D eigenvalue weighted by atomic mass is 10.1. The van der Waals surface area contributed by atoms with Gasteiger partial charge in [-0.2, -0.15) is 0 Å². The van der Waals surface area contributed by atoms with Gasteiger partial charge in [0, 0.05) is 5.02 Å². The van der Waals surface area contributed by atoms with Crippen LogP contribution in [0.1, 0.15) is 24.9 Å². The summed E-state index contributed by atoms with van der Waals surface area (Å²) in [7, 11) is 0. The Labute approximate surface area is 109 Å². The second kappa shape index (κ2) is 4.78. The third-order valence-corrected chi connectivity index (χ3v) is 3.13. The lowest BCUT2D eigenvalue weighted by Crippen LogP contribution is -2.53. The summed E-state index contributed by atoms with van der Waals surface area (Å²) in [6.45, 7) is 1.69. The van der Waals surface area contributed by atoms with Crippen molar-refractivity contribution in [2.24, 2.45) is 0 Å². The van der Waals surface area contributed by atoms with Crippen LogP contribution in [-0.2, 0) is 9.59 Å². The molecule has 2 rings (SSSR count). The van der Waals surface area contributed by atoms with Crippen LogP contribution in [0.2, 0.25) is 5.02 Å². The number of halogens is 1. The molecule has 6 heteroatoms. The Kier molecular flexibility index (Phi) is 3.34. The predicted molar refractivity (Wildman–Crippen MR) is 64.9 cm³/mol. The van der Waals surface area contributed by atoms with E-state index in [1.165, 1.54) is 0 Å². The second-order valence-electron chi connectivity index (χ2n) is 3.99. The number of imide groups is 2. The van der Waals surface area contributed by atoms with E-state index in [2.05, 4.69) is 5.32 Å². The van der Waals surface area contributed by atoms with Crippen molar-refractivity contribution in [3.63, 3.8) is 0 Å². The van der Waals surface area contributed by atoms with Gasteiger partial charge in [-0.15, -0.1) is 0 Å². The van der Waals surface area contributed by atoms with Crippen LogP contribution in [0.25, 0.3) is 0 Å². The molecule has 1 unspecified atom stereocenters. The van der Waals surface area contributed by atoms with Gasteiger partial charge in [0.1, 0.15) is 6.42 Å². The minimum Gasteiger partial charge on any atom is -0.277 e. The van der Waals surface area contributed by atoms with Crippen molar-refractivity contribution in [2.75, 3.05) is 0 Å². The minimum absolute atomic E-state index is 0.319. The van der Waals surface area contributed by atoms with E-state index in [1.54, 1.807) is 31.2 Å².